The summed E-state index contributed by atoms with van der Waals surface area (Å²) >= 11 is 0. The Morgan fingerprint density at radius 3 is 2.72 bits per heavy atom. The van der Waals surface area contributed by atoms with Crippen LogP contribution in [-0.4, -0.2) is 35.6 Å². The number of amidine groups is 1. The number of hydrogen-bond acceptors (Lipinski definition) is 7. The number of amides is 1. The van der Waals surface area contributed by atoms with E-state index in [1.54, 1.807) is 26.8 Å². The smallest absolute Gasteiger partial charge is 0.277 e. The van der Waals surface area contributed by atoms with Crippen molar-refractivity contribution < 1.29 is 17.6 Å². The fourth-order valence-corrected chi connectivity index (χ4v) is 5.71. The van der Waals surface area contributed by atoms with E-state index in [0.717, 1.165) is 24.0 Å². The molecule has 8 nitrogen and oxygen atoms in total. The first-order chi connectivity index (χ1) is 13.5. The molecule has 29 heavy (non-hydrogen) atoms. The Morgan fingerprint density at radius 1 is 1.31 bits per heavy atom. The molecule has 9 heteroatoms. The van der Waals surface area contributed by atoms with Crippen molar-refractivity contribution in [3.8, 4) is 0 Å². The van der Waals surface area contributed by atoms with Gasteiger partial charge in [-0.15, -0.1) is 0 Å². The van der Waals surface area contributed by atoms with Gasteiger partial charge in [0.25, 0.3) is 5.91 Å². The van der Waals surface area contributed by atoms with Crippen molar-refractivity contribution in [3.63, 3.8) is 0 Å². The fourth-order valence-electron chi connectivity index (χ4n) is 3.99. The summed E-state index contributed by atoms with van der Waals surface area (Å²) < 4.78 is 29.9. The van der Waals surface area contributed by atoms with Gasteiger partial charge >= 0.3 is 0 Å². The molecule has 1 unspecified atom stereocenters. The molecule has 0 saturated carbocycles. The lowest BCUT2D eigenvalue weighted by molar-refractivity contribution is 0.102. The van der Waals surface area contributed by atoms with Gasteiger partial charge in [-0.25, -0.2) is 13.4 Å². The Labute approximate surface area is 169 Å². The first kappa shape index (κ1) is 19.6. The number of nitrogens with two attached hydrogens (primary N) is 1. The maximum absolute atomic E-state index is 13.0. The highest BCUT2D eigenvalue weighted by Gasteiger charge is 2.51. The lowest BCUT2D eigenvalue weighted by Gasteiger charge is -2.43. The van der Waals surface area contributed by atoms with Gasteiger partial charge in [0.2, 0.25) is 0 Å². The molecule has 1 aromatic heterocycles. The number of aliphatic imine (C=N–C) groups is 1. The van der Waals surface area contributed by atoms with Crippen molar-refractivity contribution in [2.75, 3.05) is 11.1 Å². The monoisotopic (exact) mass is 416 g/mol. The number of carbonyl (C=O) groups excluding carboxylic acids is 1. The molecule has 2 heterocycles. The van der Waals surface area contributed by atoms with Crippen LogP contribution in [0.4, 0.5) is 5.69 Å². The molecule has 1 spiro atoms. The van der Waals surface area contributed by atoms with Crippen molar-refractivity contribution >= 4 is 27.3 Å². The highest BCUT2D eigenvalue weighted by Crippen LogP contribution is 2.45. The van der Waals surface area contributed by atoms with Gasteiger partial charge in [0.15, 0.2) is 21.4 Å². The number of anilines is 1. The second-order valence-corrected chi connectivity index (χ2v) is 10.8. The predicted molar refractivity (Wildman–Crippen MR) is 110 cm³/mol. The summed E-state index contributed by atoms with van der Waals surface area (Å²) in [6, 6.07) is 5.53. The molecular weight excluding hydrogens is 392 g/mol. The topological polar surface area (TPSA) is 128 Å². The molecule has 1 aromatic carbocycles. The fraction of sp³-hybridized carbons (Fsp3) is 0.450. The van der Waals surface area contributed by atoms with E-state index in [1.165, 1.54) is 6.26 Å². The van der Waals surface area contributed by atoms with Crippen LogP contribution >= 0.6 is 0 Å². The molecule has 4 rings (SSSR count). The minimum atomic E-state index is -3.50. The molecule has 1 aliphatic heterocycles. The van der Waals surface area contributed by atoms with Crippen LogP contribution in [0.25, 0.3) is 0 Å². The van der Waals surface area contributed by atoms with Crippen LogP contribution in [0.15, 0.2) is 33.9 Å². The number of nitrogens with one attached hydrogen (secondary N) is 1. The summed E-state index contributed by atoms with van der Waals surface area (Å²) in [5.74, 6) is 0.0381. The Bertz CT molecular complexity index is 1130. The van der Waals surface area contributed by atoms with Crippen LogP contribution in [0.2, 0.25) is 0 Å². The largest absolute Gasteiger partial charge is 0.448 e. The van der Waals surface area contributed by atoms with E-state index in [9.17, 15) is 13.2 Å². The molecule has 0 bridgehead atoms. The Balaban J connectivity index is 1.75. The van der Waals surface area contributed by atoms with Crippen LogP contribution in [0.1, 0.15) is 54.2 Å². The molecule has 2 aliphatic rings. The van der Waals surface area contributed by atoms with Crippen LogP contribution in [-0.2, 0) is 21.8 Å². The van der Waals surface area contributed by atoms with Gasteiger partial charge in [-0.1, -0.05) is 6.07 Å². The van der Waals surface area contributed by atoms with Crippen molar-refractivity contribution in [2.24, 2.45) is 10.7 Å². The highest BCUT2D eigenvalue weighted by molar-refractivity contribution is 7.93. The molecular formula is C20H24N4O4S. The van der Waals surface area contributed by atoms with E-state index in [2.05, 4.69) is 10.3 Å². The predicted octanol–water partition coefficient (Wildman–Crippen LogP) is 2.33. The maximum Gasteiger partial charge on any atom is 0.277 e. The van der Waals surface area contributed by atoms with E-state index >= 15 is 0 Å². The van der Waals surface area contributed by atoms with Gasteiger partial charge in [-0.05, 0) is 56.4 Å². The zero-order valence-electron chi connectivity index (χ0n) is 16.7. The summed E-state index contributed by atoms with van der Waals surface area (Å²) in [4.78, 5) is 21.2. The van der Waals surface area contributed by atoms with Gasteiger partial charge in [-0.3, -0.25) is 9.79 Å². The molecule has 1 atom stereocenters. The van der Waals surface area contributed by atoms with Crippen LogP contribution in [0.5, 0.6) is 0 Å². The normalized spacial score (nSPS) is 24.6. The lowest BCUT2D eigenvalue weighted by Crippen LogP contribution is -2.56. The number of nitrogens with zero attached hydrogens (tertiary/aromatic N) is 2. The molecule has 2 aromatic rings. The maximum atomic E-state index is 13.0. The van der Waals surface area contributed by atoms with Crippen molar-refractivity contribution in [1.29, 1.82) is 0 Å². The van der Waals surface area contributed by atoms with Gasteiger partial charge in [0.05, 0.1) is 5.75 Å². The molecule has 0 radical (unpaired) electrons. The highest BCUT2D eigenvalue weighted by atomic mass is 32.2. The number of rotatable bonds is 2. The second-order valence-electron chi connectivity index (χ2n) is 8.23. The molecule has 154 valence electrons. The van der Waals surface area contributed by atoms with Crippen LogP contribution in [0.3, 0.4) is 0 Å². The number of hydrogen-bond donors (Lipinski definition) is 2. The van der Waals surface area contributed by atoms with E-state index in [-0.39, 0.29) is 17.3 Å². The molecule has 1 amide bonds. The Kier molecular flexibility index (Phi) is 4.34. The van der Waals surface area contributed by atoms with Crippen molar-refractivity contribution in [2.45, 2.75) is 50.3 Å². The van der Waals surface area contributed by atoms with E-state index in [4.69, 9.17) is 15.1 Å². The third-order valence-corrected chi connectivity index (χ3v) is 8.54. The molecule has 0 fully saturated rings. The minimum Gasteiger partial charge on any atom is -0.448 e. The average Bonchev–Trinajstić information content (AvgIpc) is 3.07. The third-order valence-electron chi connectivity index (χ3n) is 5.91. The molecule has 1 aliphatic carbocycles. The molecule has 0 saturated heterocycles. The molecule has 3 N–H and O–H groups in total. The second kappa shape index (κ2) is 6.41. The average molecular weight is 417 g/mol. The zero-order valence-corrected chi connectivity index (χ0v) is 17.5. The Morgan fingerprint density at radius 2 is 2.07 bits per heavy atom. The number of aryl methyl sites for hydroxylation is 2. The quantitative estimate of drug-likeness (QED) is 0.773. The van der Waals surface area contributed by atoms with Crippen LogP contribution in [0, 0.1) is 6.92 Å². The minimum absolute atomic E-state index is 0.0966. The number of oxazole rings is 1. The third kappa shape index (κ3) is 3.13. The number of aromatic nitrogens is 1. The van der Waals surface area contributed by atoms with E-state index in [0.29, 0.717) is 18.0 Å². The summed E-state index contributed by atoms with van der Waals surface area (Å²) in [7, 11) is -3.50. The number of fused-ring (bicyclic) bond motifs is 2. The summed E-state index contributed by atoms with van der Waals surface area (Å²) in [6.45, 7) is 4.84. The van der Waals surface area contributed by atoms with Crippen molar-refractivity contribution in [1.82, 2.24) is 4.98 Å². The van der Waals surface area contributed by atoms with Crippen molar-refractivity contribution in [3.05, 3.63) is 47.2 Å². The SMILES string of the molecule is Cc1nc(C(=O)Nc2ccc3c(c2)C2(CCC3)CS(=O)(=O)C(C)(C)C(N)=N2)co1. The lowest BCUT2D eigenvalue weighted by atomic mass is 9.77. The zero-order chi connectivity index (χ0) is 21.0. The first-order valence-corrected chi connectivity index (χ1v) is 11.1. The summed E-state index contributed by atoms with van der Waals surface area (Å²) in [6.07, 6.45) is 3.54. The van der Waals surface area contributed by atoms with Gasteiger partial charge < -0.3 is 15.5 Å². The first-order valence-electron chi connectivity index (χ1n) is 9.49. The summed E-state index contributed by atoms with van der Waals surface area (Å²) in [5.41, 5.74) is 7.77. The van der Waals surface area contributed by atoms with E-state index < -0.39 is 26.0 Å². The standard InChI is InChI=1S/C20H24N4O4S/c1-12-22-16(10-28-12)17(25)23-14-7-6-13-5-4-8-20(15(13)9-14)11-29(26,27)19(2,3)18(21)24-20/h6-7,9-10H,4-5,8,11H2,1-3H3,(H2,21,24)(H,23,25). The van der Waals surface area contributed by atoms with Gasteiger partial charge in [0, 0.05) is 12.6 Å². The van der Waals surface area contributed by atoms with E-state index in [1.807, 2.05) is 12.1 Å². The number of benzene rings is 1. The summed E-state index contributed by atoms with van der Waals surface area (Å²) in [5, 5.41) is 2.80. The van der Waals surface area contributed by atoms with Gasteiger partial charge in [0.1, 0.15) is 22.4 Å². The van der Waals surface area contributed by atoms with Crippen LogP contribution < -0.4 is 11.1 Å². The number of carbonyl (C=O) groups is 1. The number of sulfone groups is 1. The Hall–Kier alpha value is -2.68. The van der Waals surface area contributed by atoms with Gasteiger partial charge in [-0.2, -0.15) is 0 Å².